The van der Waals surface area contributed by atoms with Crippen molar-refractivity contribution in [1.29, 1.82) is 0 Å². The van der Waals surface area contributed by atoms with Crippen molar-refractivity contribution >= 4 is 23.2 Å². The largest absolute Gasteiger partial charge is 0.388 e. The van der Waals surface area contributed by atoms with Gasteiger partial charge in [-0.1, -0.05) is 53.0 Å². The van der Waals surface area contributed by atoms with Crippen molar-refractivity contribution in [2.45, 2.75) is 19.4 Å². The molecule has 2 rings (SSSR count). The van der Waals surface area contributed by atoms with Gasteiger partial charge in [0.25, 0.3) is 0 Å². The van der Waals surface area contributed by atoms with Crippen molar-refractivity contribution in [2.24, 2.45) is 0 Å². The van der Waals surface area contributed by atoms with Gasteiger partial charge < -0.3 is 5.11 Å². The first-order chi connectivity index (χ1) is 8.56. The van der Waals surface area contributed by atoms with Crippen LogP contribution in [0, 0.1) is 6.92 Å². The molecule has 3 heteroatoms. The second kappa shape index (κ2) is 5.75. The molecule has 2 aromatic rings. The van der Waals surface area contributed by atoms with Gasteiger partial charge in [0.05, 0.1) is 6.10 Å². The third kappa shape index (κ3) is 3.26. The zero-order valence-electron chi connectivity index (χ0n) is 10.0. The third-order valence-corrected chi connectivity index (χ3v) is 3.45. The van der Waals surface area contributed by atoms with Gasteiger partial charge in [0.2, 0.25) is 0 Å². The van der Waals surface area contributed by atoms with Crippen LogP contribution in [-0.2, 0) is 6.42 Å². The maximum Gasteiger partial charge on any atom is 0.0831 e. The van der Waals surface area contributed by atoms with Crippen LogP contribution in [0.1, 0.15) is 22.8 Å². The molecular formula is C15H14Cl2O. The lowest BCUT2D eigenvalue weighted by Gasteiger charge is -2.13. The normalized spacial score (nSPS) is 12.4. The average Bonchev–Trinajstić information content (AvgIpc) is 2.34. The number of rotatable bonds is 3. The summed E-state index contributed by atoms with van der Waals surface area (Å²) in [5.74, 6) is 0. The molecule has 0 radical (unpaired) electrons. The van der Waals surface area contributed by atoms with Crippen LogP contribution in [0.25, 0.3) is 0 Å². The zero-order valence-corrected chi connectivity index (χ0v) is 11.5. The number of aliphatic hydroxyl groups is 1. The van der Waals surface area contributed by atoms with Gasteiger partial charge in [-0.15, -0.1) is 0 Å². The van der Waals surface area contributed by atoms with E-state index in [1.54, 1.807) is 18.2 Å². The Morgan fingerprint density at radius 2 is 1.89 bits per heavy atom. The van der Waals surface area contributed by atoms with E-state index in [2.05, 4.69) is 0 Å². The van der Waals surface area contributed by atoms with Crippen LogP contribution in [0.5, 0.6) is 0 Å². The molecule has 1 atom stereocenters. The monoisotopic (exact) mass is 280 g/mol. The van der Waals surface area contributed by atoms with Gasteiger partial charge in [0.15, 0.2) is 0 Å². The molecular weight excluding hydrogens is 267 g/mol. The van der Waals surface area contributed by atoms with E-state index in [9.17, 15) is 5.11 Å². The van der Waals surface area contributed by atoms with Crippen LogP contribution in [0.3, 0.4) is 0 Å². The molecule has 0 spiro atoms. The highest BCUT2D eigenvalue weighted by Crippen LogP contribution is 2.26. The summed E-state index contributed by atoms with van der Waals surface area (Å²) in [7, 11) is 0. The highest BCUT2D eigenvalue weighted by atomic mass is 35.5. The molecule has 0 aliphatic heterocycles. The van der Waals surface area contributed by atoms with E-state index in [1.165, 1.54) is 0 Å². The van der Waals surface area contributed by atoms with E-state index in [-0.39, 0.29) is 0 Å². The van der Waals surface area contributed by atoms with E-state index in [4.69, 9.17) is 23.2 Å². The van der Waals surface area contributed by atoms with Gasteiger partial charge in [-0.25, -0.2) is 0 Å². The quantitative estimate of drug-likeness (QED) is 0.873. The Hall–Kier alpha value is -1.02. The van der Waals surface area contributed by atoms with Crippen LogP contribution >= 0.6 is 23.2 Å². The SMILES string of the molecule is Cc1cccc(C(O)Cc2cc(Cl)ccc2Cl)c1. The number of halogens is 2. The smallest absolute Gasteiger partial charge is 0.0831 e. The molecule has 0 aliphatic rings. The fraction of sp³-hybridized carbons (Fsp3) is 0.200. The molecule has 18 heavy (non-hydrogen) atoms. The van der Waals surface area contributed by atoms with Crippen molar-refractivity contribution < 1.29 is 5.11 Å². The standard InChI is InChI=1S/C15H14Cl2O/c1-10-3-2-4-11(7-10)15(18)9-12-8-13(16)5-6-14(12)17/h2-8,15,18H,9H2,1H3. The Labute approximate surface area is 117 Å². The molecule has 0 bridgehead atoms. The Bertz CT molecular complexity index is 552. The lowest BCUT2D eigenvalue weighted by atomic mass is 10.00. The number of hydrogen-bond acceptors (Lipinski definition) is 1. The van der Waals surface area contributed by atoms with Gasteiger partial charge in [-0.2, -0.15) is 0 Å². The van der Waals surface area contributed by atoms with Crippen molar-refractivity contribution in [3.8, 4) is 0 Å². The number of aliphatic hydroxyl groups excluding tert-OH is 1. The summed E-state index contributed by atoms with van der Waals surface area (Å²) in [4.78, 5) is 0. The van der Waals surface area contributed by atoms with Crippen molar-refractivity contribution in [3.63, 3.8) is 0 Å². The molecule has 0 saturated carbocycles. The first-order valence-corrected chi connectivity index (χ1v) is 6.50. The van der Waals surface area contributed by atoms with Crippen molar-refractivity contribution in [1.82, 2.24) is 0 Å². The van der Waals surface area contributed by atoms with Crippen LogP contribution < -0.4 is 0 Å². The van der Waals surface area contributed by atoms with E-state index in [0.29, 0.717) is 16.5 Å². The topological polar surface area (TPSA) is 20.2 Å². The van der Waals surface area contributed by atoms with Crippen LogP contribution in [-0.4, -0.2) is 5.11 Å². The summed E-state index contributed by atoms with van der Waals surface area (Å²) >= 11 is 12.0. The first kappa shape index (κ1) is 13.4. The number of benzene rings is 2. The van der Waals surface area contributed by atoms with E-state index in [0.717, 1.165) is 16.7 Å². The predicted octanol–water partition coefficient (Wildman–Crippen LogP) is 4.58. The van der Waals surface area contributed by atoms with E-state index >= 15 is 0 Å². The fourth-order valence-corrected chi connectivity index (χ4v) is 2.29. The Morgan fingerprint density at radius 1 is 1.11 bits per heavy atom. The molecule has 0 heterocycles. The molecule has 2 aromatic carbocycles. The minimum absolute atomic E-state index is 0.461. The van der Waals surface area contributed by atoms with Crippen LogP contribution in [0.4, 0.5) is 0 Å². The van der Waals surface area contributed by atoms with E-state index < -0.39 is 6.10 Å². The Kier molecular flexibility index (Phi) is 4.28. The van der Waals surface area contributed by atoms with Crippen molar-refractivity contribution in [3.05, 3.63) is 69.2 Å². The Balaban J connectivity index is 2.21. The zero-order chi connectivity index (χ0) is 13.1. The average molecular weight is 281 g/mol. The van der Waals surface area contributed by atoms with Crippen LogP contribution in [0.15, 0.2) is 42.5 Å². The molecule has 0 aromatic heterocycles. The second-order valence-corrected chi connectivity index (χ2v) is 5.21. The van der Waals surface area contributed by atoms with Crippen molar-refractivity contribution in [2.75, 3.05) is 0 Å². The third-order valence-electron chi connectivity index (χ3n) is 2.85. The second-order valence-electron chi connectivity index (χ2n) is 4.37. The maximum atomic E-state index is 10.2. The number of aryl methyl sites for hydroxylation is 1. The van der Waals surface area contributed by atoms with Gasteiger partial charge in [0, 0.05) is 16.5 Å². The lowest BCUT2D eigenvalue weighted by Crippen LogP contribution is -2.02. The molecule has 0 saturated heterocycles. The summed E-state index contributed by atoms with van der Waals surface area (Å²) in [6, 6.07) is 13.1. The summed E-state index contributed by atoms with van der Waals surface area (Å²) in [6.07, 6.45) is -0.107. The van der Waals surface area contributed by atoms with Gasteiger partial charge in [-0.05, 0) is 36.2 Å². The fourth-order valence-electron chi connectivity index (χ4n) is 1.90. The highest BCUT2D eigenvalue weighted by molar-refractivity contribution is 6.33. The van der Waals surface area contributed by atoms with Crippen LogP contribution in [0.2, 0.25) is 10.0 Å². The lowest BCUT2D eigenvalue weighted by molar-refractivity contribution is 0.178. The Morgan fingerprint density at radius 3 is 2.61 bits per heavy atom. The molecule has 1 N–H and O–H groups in total. The highest BCUT2D eigenvalue weighted by Gasteiger charge is 2.11. The van der Waals surface area contributed by atoms with E-state index in [1.807, 2.05) is 31.2 Å². The minimum atomic E-state index is -0.569. The molecule has 0 amide bonds. The summed E-state index contributed by atoms with van der Waals surface area (Å²) in [5.41, 5.74) is 2.88. The molecule has 94 valence electrons. The summed E-state index contributed by atoms with van der Waals surface area (Å²) in [6.45, 7) is 2.00. The summed E-state index contributed by atoms with van der Waals surface area (Å²) in [5, 5.41) is 11.5. The number of hydrogen-bond donors (Lipinski definition) is 1. The maximum absolute atomic E-state index is 10.2. The van der Waals surface area contributed by atoms with Gasteiger partial charge >= 0.3 is 0 Å². The minimum Gasteiger partial charge on any atom is -0.388 e. The summed E-state index contributed by atoms with van der Waals surface area (Å²) < 4.78 is 0. The van der Waals surface area contributed by atoms with Gasteiger partial charge in [0.1, 0.15) is 0 Å². The molecule has 1 unspecified atom stereocenters. The molecule has 0 aliphatic carbocycles. The first-order valence-electron chi connectivity index (χ1n) is 5.75. The molecule has 0 fully saturated rings. The van der Waals surface area contributed by atoms with Gasteiger partial charge in [-0.3, -0.25) is 0 Å². The predicted molar refractivity (Wildman–Crippen MR) is 76.3 cm³/mol. The molecule has 1 nitrogen and oxygen atoms in total.